The van der Waals surface area contributed by atoms with E-state index < -0.39 is 0 Å². The number of nitrogen functional groups attached to an aromatic ring is 1. The lowest BCUT2D eigenvalue weighted by Crippen LogP contribution is -2.27. The van der Waals surface area contributed by atoms with Gasteiger partial charge >= 0.3 is 0 Å². The zero-order valence-electron chi connectivity index (χ0n) is 8.99. The van der Waals surface area contributed by atoms with Gasteiger partial charge in [-0.1, -0.05) is 0 Å². The topological polar surface area (TPSA) is 71.2 Å². The Kier molecular flexibility index (Phi) is 4.51. The first-order valence-corrected chi connectivity index (χ1v) is 5.61. The fraction of sp³-hybridized carbons (Fsp3) is 0.556. The molecule has 3 N–H and O–H groups in total. The molecule has 1 amide bonds. The van der Waals surface area contributed by atoms with E-state index in [0.717, 1.165) is 13.0 Å². The van der Waals surface area contributed by atoms with E-state index in [1.165, 1.54) is 11.3 Å². The molecule has 1 heterocycles. The van der Waals surface area contributed by atoms with Gasteiger partial charge < -0.3 is 16.0 Å². The largest absolute Gasteiger partial charge is 0.375 e. The van der Waals surface area contributed by atoms with Crippen LogP contribution in [0.15, 0.2) is 5.38 Å². The van der Waals surface area contributed by atoms with Crippen molar-refractivity contribution in [2.24, 2.45) is 0 Å². The monoisotopic (exact) mass is 228 g/mol. The van der Waals surface area contributed by atoms with Gasteiger partial charge in [-0.15, -0.1) is 11.3 Å². The summed E-state index contributed by atoms with van der Waals surface area (Å²) in [6.45, 7) is 1.62. The highest BCUT2D eigenvalue weighted by Gasteiger charge is 2.08. The Labute approximate surface area is 93.3 Å². The summed E-state index contributed by atoms with van der Waals surface area (Å²) in [5, 5.41) is 4.88. The fourth-order valence-electron chi connectivity index (χ4n) is 1.08. The van der Waals surface area contributed by atoms with Crippen LogP contribution >= 0.6 is 11.3 Å². The van der Waals surface area contributed by atoms with Gasteiger partial charge in [0.05, 0.1) is 0 Å². The van der Waals surface area contributed by atoms with Crippen LogP contribution in [0.2, 0.25) is 0 Å². The summed E-state index contributed by atoms with van der Waals surface area (Å²) in [6, 6.07) is 0. The highest BCUT2D eigenvalue weighted by atomic mass is 32.1. The van der Waals surface area contributed by atoms with Crippen molar-refractivity contribution in [1.29, 1.82) is 0 Å². The summed E-state index contributed by atoms with van der Waals surface area (Å²) in [5.41, 5.74) is 5.84. The van der Waals surface area contributed by atoms with Crippen molar-refractivity contribution in [3.8, 4) is 0 Å². The van der Waals surface area contributed by atoms with Gasteiger partial charge in [0, 0.05) is 11.9 Å². The molecular formula is C9H16N4OS. The lowest BCUT2D eigenvalue weighted by atomic mass is 10.4. The zero-order chi connectivity index (χ0) is 11.3. The van der Waals surface area contributed by atoms with Crippen molar-refractivity contribution in [3.05, 3.63) is 11.1 Å². The Morgan fingerprint density at radius 2 is 2.40 bits per heavy atom. The van der Waals surface area contributed by atoms with Gasteiger partial charge in [0.15, 0.2) is 5.13 Å². The number of amides is 1. The number of carbonyl (C=O) groups excluding carboxylic acids is 1. The first-order valence-electron chi connectivity index (χ1n) is 4.73. The van der Waals surface area contributed by atoms with Gasteiger partial charge in [0.2, 0.25) is 0 Å². The molecule has 0 spiro atoms. The maximum atomic E-state index is 11.5. The van der Waals surface area contributed by atoms with Crippen LogP contribution in [0.3, 0.4) is 0 Å². The minimum Gasteiger partial charge on any atom is -0.375 e. The molecule has 1 rings (SSSR count). The van der Waals surface area contributed by atoms with E-state index in [1.54, 1.807) is 5.38 Å². The molecule has 15 heavy (non-hydrogen) atoms. The number of aromatic nitrogens is 1. The molecule has 1 aromatic rings. The molecule has 0 aromatic carbocycles. The van der Waals surface area contributed by atoms with E-state index in [2.05, 4.69) is 15.2 Å². The second-order valence-electron chi connectivity index (χ2n) is 3.48. The number of nitrogens with two attached hydrogens (primary N) is 1. The van der Waals surface area contributed by atoms with Gasteiger partial charge in [-0.05, 0) is 27.1 Å². The average Bonchev–Trinajstić information content (AvgIpc) is 2.59. The number of nitrogens with one attached hydrogen (secondary N) is 1. The van der Waals surface area contributed by atoms with Gasteiger partial charge in [-0.25, -0.2) is 4.98 Å². The standard InChI is InChI=1S/C9H16N4OS/c1-13(2)5-3-4-11-8(14)7-6-15-9(10)12-7/h6H,3-5H2,1-2H3,(H2,10,12)(H,11,14). The molecule has 0 fully saturated rings. The molecule has 0 radical (unpaired) electrons. The third-order valence-corrected chi connectivity index (χ3v) is 2.50. The SMILES string of the molecule is CN(C)CCCNC(=O)c1csc(N)n1. The van der Waals surface area contributed by atoms with E-state index in [1.807, 2.05) is 14.1 Å². The van der Waals surface area contributed by atoms with E-state index in [0.29, 0.717) is 17.4 Å². The first-order chi connectivity index (χ1) is 7.09. The Balaban J connectivity index is 2.25. The first kappa shape index (κ1) is 11.9. The van der Waals surface area contributed by atoms with Crippen molar-refractivity contribution >= 4 is 22.4 Å². The summed E-state index contributed by atoms with van der Waals surface area (Å²) < 4.78 is 0. The van der Waals surface area contributed by atoms with E-state index >= 15 is 0 Å². The predicted molar refractivity (Wildman–Crippen MR) is 62.0 cm³/mol. The van der Waals surface area contributed by atoms with Crippen molar-refractivity contribution in [1.82, 2.24) is 15.2 Å². The third kappa shape index (κ3) is 4.26. The van der Waals surface area contributed by atoms with Crippen LogP contribution in [0.25, 0.3) is 0 Å². The molecule has 0 bridgehead atoms. The summed E-state index contributed by atoms with van der Waals surface area (Å²) in [5.74, 6) is -0.151. The van der Waals surface area contributed by atoms with Crippen molar-refractivity contribution < 1.29 is 4.79 Å². The van der Waals surface area contributed by atoms with Gasteiger partial charge in [0.25, 0.3) is 5.91 Å². The smallest absolute Gasteiger partial charge is 0.270 e. The summed E-state index contributed by atoms with van der Waals surface area (Å²) in [4.78, 5) is 17.4. The van der Waals surface area contributed by atoms with E-state index in [4.69, 9.17) is 5.73 Å². The number of thiazole rings is 1. The second-order valence-corrected chi connectivity index (χ2v) is 4.37. The van der Waals surface area contributed by atoms with Crippen LogP contribution in [0.1, 0.15) is 16.9 Å². The highest BCUT2D eigenvalue weighted by Crippen LogP contribution is 2.10. The van der Waals surface area contributed by atoms with Crippen LogP contribution in [0.4, 0.5) is 5.13 Å². The quantitative estimate of drug-likeness (QED) is 0.716. The Hall–Kier alpha value is -1.14. The average molecular weight is 228 g/mol. The maximum absolute atomic E-state index is 11.5. The summed E-state index contributed by atoms with van der Waals surface area (Å²) in [6.07, 6.45) is 0.929. The lowest BCUT2D eigenvalue weighted by molar-refractivity contribution is 0.0948. The van der Waals surface area contributed by atoms with E-state index in [9.17, 15) is 4.79 Å². The molecule has 0 aliphatic carbocycles. The van der Waals surface area contributed by atoms with Crippen LogP contribution in [-0.2, 0) is 0 Å². The van der Waals surface area contributed by atoms with Crippen LogP contribution in [0.5, 0.6) is 0 Å². The maximum Gasteiger partial charge on any atom is 0.270 e. The minimum absolute atomic E-state index is 0.151. The highest BCUT2D eigenvalue weighted by molar-refractivity contribution is 7.13. The molecule has 0 saturated carbocycles. The number of carbonyl (C=O) groups is 1. The fourth-order valence-corrected chi connectivity index (χ4v) is 1.62. The number of hydrogen-bond donors (Lipinski definition) is 2. The second kappa shape index (κ2) is 5.67. The Morgan fingerprint density at radius 1 is 1.67 bits per heavy atom. The molecule has 0 unspecified atom stereocenters. The summed E-state index contributed by atoms with van der Waals surface area (Å²) >= 11 is 1.27. The normalized spacial score (nSPS) is 10.6. The number of hydrogen-bond acceptors (Lipinski definition) is 5. The molecule has 1 aromatic heterocycles. The van der Waals surface area contributed by atoms with Gasteiger partial charge in [-0.2, -0.15) is 0 Å². The van der Waals surface area contributed by atoms with Gasteiger partial charge in [-0.3, -0.25) is 4.79 Å². The van der Waals surface area contributed by atoms with Crippen molar-refractivity contribution in [2.45, 2.75) is 6.42 Å². The molecule has 84 valence electrons. The molecule has 0 aliphatic heterocycles. The van der Waals surface area contributed by atoms with Crippen molar-refractivity contribution in [3.63, 3.8) is 0 Å². The number of rotatable bonds is 5. The third-order valence-electron chi connectivity index (χ3n) is 1.82. The Morgan fingerprint density at radius 3 is 2.93 bits per heavy atom. The number of anilines is 1. The predicted octanol–water partition coefficient (Wildman–Crippen LogP) is 0.407. The van der Waals surface area contributed by atoms with Crippen LogP contribution in [-0.4, -0.2) is 43.0 Å². The van der Waals surface area contributed by atoms with Gasteiger partial charge in [0.1, 0.15) is 5.69 Å². The molecule has 0 aliphatic rings. The Bertz CT molecular complexity index is 324. The summed E-state index contributed by atoms with van der Waals surface area (Å²) in [7, 11) is 4.01. The minimum atomic E-state index is -0.151. The lowest BCUT2D eigenvalue weighted by Gasteiger charge is -2.09. The van der Waals surface area contributed by atoms with Crippen LogP contribution < -0.4 is 11.1 Å². The molecule has 6 heteroatoms. The molecular weight excluding hydrogens is 212 g/mol. The van der Waals surface area contributed by atoms with Crippen LogP contribution in [0, 0.1) is 0 Å². The molecule has 5 nitrogen and oxygen atoms in total. The van der Waals surface area contributed by atoms with Crippen molar-refractivity contribution in [2.75, 3.05) is 32.9 Å². The zero-order valence-corrected chi connectivity index (χ0v) is 9.80. The van der Waals surface area contributed by atoms with E-state index in [-0.39, 0.29) is 5.91 Å². The molecule has 0 atom stereocenters. The molecule has 0 saturated heterocycles. The number of nitrogens with zero attached hydrogens (tertiary/aromatic N) is 2.